The number of nitrogens with two attached hydrogens (primary N) is 2. The van der Waals surface area contributed by atoms with Crippen molar-refractivity contribution in [3.8, 4) is 0 Å². The highest BCUT2D eigenvalue weighted by Crippen LogP contribution is 2.25. The van der Waals surface area contributed by atoms with Gasteiger partial charge in [-0.15, -0.1) is 0 Å². The number of carboxylic acids is 1. The Hall–Kier alpha value is -2.38. The number of rotatable bonds is 6. The van der Waals surface area contributed by atoms with Gasteiger partial charge in [-0.25, -0.2) is 18.4 Å². The Morgan fingerprint density at radius 3 is 2.30 bits per heavy atom. The van der Waals surface area contributed by atoms with Gasteiger partial charge in [-0.05, 0) is 42.5 Å². The van der Waals surface area contributed by atoms with Gasteiger partial charge in [0.1, 0.15) is 0 Å². The molecule has 0 aliphatic rings. The van der Waals surface area contributed by atoms with Crippen molar-refractivity contribution in [3.05, 3.63) is 59.2 Å². The number of hydrogen-bond donors (Lipinski definition) is 3. The molecule has 0 spiro atoms. The van der Waals surface area contributed by atoms with E-state index in [1.807, 2.05) is 30.3 Å². The molecule has 2 aromatic rings. The van der Waals surface area contributed by atoms with Crippen molar-refractivity contribution in [2.45, 2.75) is 24.2 Å². The second-order valence-corrected chi connectivity index (χ2v) is 6.76. The largest absolute Gasteiger partial charge is 0.478 e. The Balaban J connectivity index is 2.28. The molecule has 0 fully saturated rings. The number of aromatic carboxylic acids is 1. The Labute approximate surface area is 134 Å². The third kappa shape index (κ3) is 4.30. The Morgan fingerprint density at radius 1 is 1.09 bits per heavy atom. The summed E-state index contributed by atoms with van der Waals surface area (Å²) in [5.74, 6) is -1.25. The van der Waals surface area contributed by atoms with Crippen molar-refractivity contribution in [3.63, 3.8) is 0 Å². The standard InChI is InChI=1S/C16H18N2O4S/c17-14-9-12(16(19)20)10-15(23(18,21)22)13(14)8-4-7-11-5-2-1-3-6-11/h1-3,5-6,9-10H,4,7-8,17H2,(H,19,20)(H2,18,21,22). The summed E-state index contributed by atoms with van der Waals surface area (Å²) in [7, 11) is -4.05. The molecule has 7 heteroatoms. The fourth-order valence-electron chi connectivity index (χ4n) is 2.43. The molecule has 0 amide bonds. The van der Waals surface area contributed by atoms with Crippen LogP contribution in [0.15, 0.2) is 47.4 Å². The highest BCUT2D eigenvalue weighted by molar-refractivity contribution is 7.89. The average molecular weight is 334 g/mol. The summed E-state index contributed by atoms with van der Waals surface area (Å²) in [5, 5.41) is 14.2. The Kier molecular flexibility index (Phi) is 5.02. The van der Waals surface area contributed by atoms with Crippen LogP contribution in [0, 0.1) is 0 Å². The third-order valence-electron chi connectivity index (χ3n) is 3.53. The molecule has 0 heterocycles. The molecular formula is C16H18N2O4S. The monoisotopic (exact) mass is 334 g/mol. The van der Waals surface area contributed by atoms with E-state index in [0.717, 1.165) is 18.1 Å². The first kappa shape index (κ1) is 17.0. The second kappa shape index (κ2) is 6.80. The van der Waals surface area contributed by atoms with Gasteiger partial charge in [0.2, 0.25) is 10.0 Å². The summed E-state index contributed by atoms with van der Waals surface area (Å²) in [6, 6.07) is 12.1. The van der Waals surface area contributed by atoms with Gasteiger partial charge in [-0.1, -0.05) is 30.3 Å². The van der Waals surface area contributed by atoms with Crippen LogP contribution in [0.4, 0.5) is 5.69 Å². The van der Waals surface area contributed by atoms with Gasteiger partial charge in [0.15, 0.2) is 0 Å². The van der Waals surface area contributed by atoms with Crippen LogP contribution in [-0.4, -0.2) is 19.5 Å². The minimum Gasteiger partial charge on any atom is -0.478 e. The molecule has 0 bridgehead atoms. The third-order valence-corrected chi connectivity index (χ3v) is 4.51. The number of hydrogen-bond acceptors (Lipinski definition) is 4. The van der Waals surface area contributed by atoms with Crippen molar-refractivity contribution in [2.24, 2.45) is 5.14 Å². The van der Waals surface area contributed by atoms with E-state index in [1.54, 1.807) is 0 Å². The summed E-state index contributed by atoms with van der Waals surface area (Å²) < 4.78 is 23.5. The summed E-state index contributed by atoms with van der Waals surface area (Å²) in [4.78, 5) is 10.8. The smallest absolute Gasteiger partial charge is 0.335 e. The molecule has 0 aromatic heterocycles. The minimum absolute atomic E-state index is 0.127. The topological polar surface area (TPSA) is 123 Å². The number of aryl methyl sites for hydroxylation is 1. The van der Waals surface area contributed by atoms with Crippen molar-refractivity contribution < 1.29 is 18.3 Å². The fourth-order valence-corrected chi connectivity index (χ4v) is 3.28. The van der Waals surface area contributed by atoms with Crippen molar-refractivity contribution in [1.82, 2.24) is 0 Å². The van der Waals surface area contributed by atoms with Crippen LogP contribution in [-0.2, 0) is 22.9 Å². The van der Waals surface area contributed by atoms with Crippen molar-refractivity contribution >= 4 is 21.7 Å². The van der Waals surface area contributed by atoms with Gasteiger partial charge in [-0.3, -0.25) is 0 Å². The van der Waals surface area contributed by atoms with Crippen LogP contribution in [0.25, 0.3) is 0 Å². The first-order valence-electron chi connectivity index (χ1n) is 7.01. The molecule has 0 aliphatic carbocycles. The molecule has 0 unspecified atom stereocenters. The molecule has 2 aromatic carbocycles. The molecule has 0 aliphatic heterocycles. The van der Waals surface area contributed by atoms with Crippen molar-refractivity contribution in [1.29, 1.82) is 0 Å². The lowest BCUT2D eigenvalue weighted by Crippen LogP contribution is -2.17. The number of sulfonamides is 1. The highest BCUT2D eigenvalue weighted by Gasteiger charge is 2.19. The normalized spacial score (nSPS) is 11.3. The lowest BCUT2D eigenvalue weighted by Gasteiger charge is -2.12. The molecule has 0 saturated carbocycles. The van der Waals surface area contributed by atoms with Gasteiger partial charge < -0.3 is 10.8 Å². The summed E-state index contributed by atoms with van der Waals surface area (Å²) in [6.07, 6.45) is 1.82. The van der Waals surface area contributed by atoms with Crippen LogP contribution in [0.3, 0.4) is 0 Å². The number of carbonyl (C=O) groups is 1. The molecule has 2 rings (SSSR count). The molecule has 23 heavy (non-hydrogen) atoms. The molecule has 0 saturated heterocycles. The SMILES string of the molecule is Nc1cc(C(=O)O)cc(S(N)(=O)=O)c1CCCc1ccccc1. The number of benzene rings is 2. The first-order valence-corrected chi connectivity index (χ1v) is 8.56. The van der Waals surface area contributed by atoms with Gasteiger partial charge in [-0.2, -0.15) is 0 Å². The molecule has 0 atom stereocenters. The van der Waals surface area contributed by atoms with Crippen molar-refractivity contribution in [2.75, 3.05) is 5.73 Å². The number of primary sulfonamides is 1. The van der Waals surface area contributed by atoms with E-state index >= 15 is 0 Å². The maximum atomic E-state index is 11.7. The van der Waals surface area contributed by atoms with Gasteiger partial charge in [0.25, 0.3) is 0 Å². The van der Waals surface area contributed by atoms with E-state index in [4.69, 9.17) is 16.0 Å². The van der Waals surface area contributed by atoms with Crippen LogP contribution in [0.1, 0.15) is 27.9 Å². The van der Waals surface area contributed by atoms with Gasteiger partial charge in [0.05, 0.1) is 10.5 Å². The lowest BCUT2D eigenvalue weighted by atomic mass is 10.0. The molecular weight excluding hydrogens is 316 g/mol. The predicted molar refractivity (Wildman–Crippen MR) is 87.7 cm³/mol. The zero-order valence-corrected chi connectivity index (χ0v) is 13.2. The second-order valence-electron chi connectivity index (χ2n) is 5.23. The molecule has 122 valence electrons. The van der Waals surface area contributed by atoms with E-state index in [9.17, 15) is 13.2 Å². The maximum absolute atomic E-state index is 11.7. The minimum atomic E-state index is -4.05. The number of anilines is 1. The van der Waals surface area contributed by atoms with E-state index in [2.05, 4.69) is 0 Å². The molecule has 5 N–H and O–H groups in total. The van der Waals surface area contributed by atoms with Crippen LogP contribution < -0.4 is 10.9 Å². The van der Waals surface area contributed by atoms with Crippen LogP contribution in [0.2, 0.25) is 0 Å². The van der Waals surface area contributed by atoms with E-state index in [0.29, 0.717) is 18.4 Å². The van der Waals surface area contributed by atoms with E-state index < -0.39 is 16.0 Å². The first-order chi connectivity index (χ1) is 10.8. The van der Waals surface area contributed by atoms with Gasteiger partial charge >= 0.3 is 5.97 Å². The maximum Gasteiger partial charge on any atom is 0.335 e. The zero-order chi connectivity index (χ0) is 17.0. The van der Waals surface area contributed by atoms with Gasteiger partial charge in [0, 0.05) is 5.69 Å². The van der Waals surface area contributed by atoms with E-state index in [1.165, 1.54) is 6.07 Å². The average Bonchev–Trinajstić information content (AvgIpc) is 2.48. The summed E-state index contributed by atoms with van der Waals surface area (Å²) >= 11 is 0. The van der Waals surface area contributed by atoms with Crippen LogP contribution >= 0.6 is 0 Å². The fraction of sp³-hybridized carbons (Fsp3) is 0.188. The highest BCUT2D eigenvalue weighted by atomic mass is 32.2. The molecule has 0 radical (unpaired) electrons. The van der Waals surface area contributed by atoms with Crippen LogP contribution in [0.5, 0.6) is 0 Å². The molecule has 6 nitrogen and oxygen atoms in total. The number of carboxylic acid groups (broad SMARTS) is 1. The Morgan fingerprint density at radius 2 is 1.74 bits per heavy atom. The van der Waals surface area contributed by atoms with E-state index in [-0.39, 0.29) is 16.1 Å². The summed E-state index contributed by atoms with van der Waals surface area (Å²) in [5.41, 5.74) is 7.28. The summed E-state index contributed by atoms with van der Waals surface area (Å²) in [6.45, 7) is 0. The predicted octanol–water partition coefficient (Wildman–Crippen LogP) is 1.79. The Bertz CT molecular complexity index is 817. The quantitative estimate of drug-likeness (QED) is 0.695. The zero-order valence-electron chi connectivity index (χ0n) is 12.4. The lowest BCUT2D eigenvalue weighted by molar-refractivity contribution is 0.0696. The number of nitrogen functional groups attached to an aromatic ring is 1.